The van der Waals surface area contributed by atoms with E-state index in [0.717, 1.165) is 12.1 Å². The number of methoxy groups -OCH3 is 1. The van der Waals surface area contributed by atoms with Crippen LogP contribution in [0, 0.1) is 11.7 Å². The van der Waals surface area contributed by atoms with E-state index in [0.29, 0.717) is 0 Å². The SMILES string of the molecule is COC(=O)CNC(=O)[C@H](NC(=O)c1ccc(F)cc1)C(C)C. The number of benzene rings is 1. The number of carbonyl (C=O) groups excluding carboxylic acids is 3. The standard InChI is InChI=1S/C15H19FN2O4/c1-9(2)13(15(21)17-8-12(19)22-3)18-14(20)10-4-6-11(16)7-5-10/h4-7,9,13H,8H2,1-3H3,(H,17,21)(H,18,20)/t13-/m1/s1. The molecule has 7 heteroatoms. The van der Waals surface area contributed by atoms with E-state index >= 15 is 0 Å². The maximum Gasteiger partial charge on any atom is 0.325 e. The number of halogens is 1. The van der Waals surface area contributed by atoms with Gasteiger partial charge in [-0.25, -0.2) is 4.39 Å². The third-order valence-electron chi connectivity index (χ3n) is 2.98. The lowest BCUT2D eigenvalue weighted by Gasteiger charge is -2.21. The zero-order valence-corrected chi connectivity index (χ0v) is 12.7. The van der Waals surface area contributed by atoms with Crippen LogP contribution < -0.4 is 10.6 Å². The zero-order valence-electron chi connectivity index (χ0n) is 12.7. The number of amides is 2. The first-order chi connectivity index (χ1) is 10.3. The van der Waals surface area contributed by atoms with Crippen LogP contribution in [0.1, 0.15) is 24.2 Å². The number of carbonyl (C=O) groups is 3. The molecule has 0 spiro atoms. The molecular formula is C15H19FN2O4. The van der Waals surface area contributed by atoms with Crippen LogP contribution in [-0.2, 0) is 14.3 Å². The molecule has 0 aliphatic heterocycles. The van der Waals surface area contributed by atoms with Crippen LogP contribution in [-0.4, -0.2) is 37.5 Å². The Balaban J connectivity index is 2.71. The number of ether oxygens (including phenoxy) is 1. The van der Waals surface area contributed by atoms with Gasteiger partial charge in [-0.3, -0.25) is 14.4 Å². The van der Waals surface area contributed by atoms with Crippen LogP contribution >= 0.6 is 0 Å². The summed E-state index contributed by atoms with van der Waals surface area (Å²) in [5.41, 5.74) is 0.243. The van der Waals surface area contributed by atoms with Crippen molar-refractivity contribution in [3.63, 3.8) is 0 Å². The van der Waals surface area contributed by atoms with Crippen molar-refractivity contribution < 1.29 is 23.5 Å². The third kappa shape index (κ3) is 5.16. The Morgan fingerprint density at radius 2 is 1.77 bits per heavy atom. The fraction of sp³-hybridized carbons (Fsp3) is 0.400. The van der Waals surface area contributed by atoms with Gasteiger partial charge in [0.2, 0.25) is 5.91 Å². The summed E-state index contributed by atoms with van der Waals surface area (Å²) in [5, 5.41) is 4.96. The van der Waals surface area contributed by atoms with Gasteiger partial charge in [-0.05, 0) is 30.2 Å². The van der Waals surface area contributed by atoms with Gasteiger partial charge in [-0.15, -0.1) is 0 Å². The monoisotopic (exact) mass is 310 g/mol. The minimum Gasteiger partial charge on any atom is -0.468 e. The van der Waals surface area contributed by atoms with Crippen molar-refractivity contribution in [1.29, 1.82) is 0 Å². The Kier molecular flexibility index (Phi) is 6.49. The Morgan fingerprint density at radius 3 is 2.27 bits per heavy atom. The summed E-state index contributed by atoms with van der Waals surface area (Å²) >= 11 is 0. The van der Waals surface area contributed by atoms with E-state index in [2.05, 4.69) is 15.4 Å². The normalized spacial score (nSPS) is 11.7. The molecule has 1 atom stereocenters. The minimum atomic E-state index is -0.817. The first-order valence-electron chi connectivity index (χ1n) is 6.76. The summed E-state index contributed by atoms with van der Waals surface area (Å²) in [6, 6.07) is 4.16. The van der Waals surface area contributed by atoms with Gasteiger partial charge in [0, 0.05) is 5.56 Å². The molecule has 0 aromatic heterocycles. The van der Waals surface area contributed by atoms with Crippen molar-refractivity contribution in [1.82, 2.24) is 10.6 Å². The van der Waals surface area contributed by atoms with Gasteiger partial charge in [-0.2, -0.15) is 0 Å². The summed E-state index contributed by atoms with van der Waals surface area (Å²) < 4.78 is 17.3. The van der Waals surface area contributed by atoms with Crippen LogP contribution in [0.4, 0.5) is 4.39 Å². The second kappa shape index (κ2) is 8.11. The lowest BCUT2D eigenvalue weighted by molar-refractivity contribution is -0.141. The highest BCUT2D eigenvalue weighted by atomic mass is 19.1. The molecule has 0 heterocycles. The van der Waals surface area contributed by atoms with E-state index in [1.807, 2.05) is 0 Å². The van der Waals surface area contributed by atoms with Gasteiger partial charge in [0.1, 0.15) is 18.4 Å². The van der Waals surface area contributed by atoms with Crippen LogP contribution in [0.25, 0.3) is 0 Å². The molecule has 6 nitrogen and oxygen atoms in total. The summed E-state index contributed by atoms with van der Waals surface area (Å²) in [5.74, 6) is -2.21. The van der Waals surface area contributed by atoms with Crippen molar-refractivity contribution >= 4 is 17.8 Å². The summed E-state index contributed by atoms with van der Waals surface area (Å²) in [7, 11) is 1.21. The molecule has 0 saturated heterocycles. The fourth-order valence-electron chi connectivity index (χ4n) is 1.70. The lowest BCUT2D eigenvalue weighted by atomic mass is 10.0. The first-order valence-corrected chi connectivity index (χ1v) is 6.76. The zero-order chi connectivity index (χ0) is 16.7. The summed E-state index contributed by atoms with van der Waals surface area (Å²) in [6.45, 7) is 3.24. The Labute approximate surface area is 128 Å². The highest BCUT2D eigenvalue weighted by molar-refractivity contribution is 5.98. The van der Waals surface area contributed by atoms with E-state index in [-0.39, 0.29) is 18.0 Å². The van der Waals surface area contributed by atoms with E-state index in [1.165, 1.54) is 19.2 Å². The molecule has 0 unspecified atom stereocenters. The van der Waals surface area contributed by atoms with E-state index in [4.69, 9.17) is 0 Å². The number of hydrogen-bond acceptors (Lipinski definition) is 4. The van der Waals surface area contributed by atoms with E-state index in [1.54, 1.807) is 13.8 Å². The predicted octanol–water partition coefficient (Wildman–Crippen LogP) is 0.869. The maximum atomic E-state index is 12.8. The van der Waals surface area contributed by atoms with Crippen LogP contribution in [0.3, 0.4) is 0 Å². The minimum absolute atomic E-state index is 0.193. The van der Waals surface area contributed by atoms with Gasteiger partial charge < -0.3 is 15.4 Å². The molecule has 0 aliphatic rings. The van der Waals surface area contributed by atoms with Gasteiger partial charge >= 0.3 is 5.97 Å². The largest absolute Gasteiger partial charge is 0.468 e. The lowest BCUT2D eigenvalue weighted by Crippen LogP contribution is -2.50. The average Bonchev–Trinajstić information content (AvgIpc) is 2.49. The molecule has 0 saturated carbocycles. The van der Waals surface area contributed by atoms with Crippen molar-refractivity contribution in [2.75, 3.05) is 13.7 Å². The van der Waals surface area contributed by atoms with Crippen LogP contribution in [0.5, 0.6) is 0 Å². The highest BCUT2D eigenvalue weighted by Crippen LogP contribution is 2.06. The molecule has 2 N–H and O–H groups in total. The van der Waals surface area contributed by atoms with Crippen molar-refractivity contribution in [3.05, 3.63) is 35.6 Å². The molecule has 0 bridgehead atoms. The smallest absolute Gasteiger partial charge is 0.325 e. The molecule has 1 aromatic carbocycles. The molecular weight excluding hydrogens is 291 g/mol. The second-order valence-electron chi connectivity index (χ2n) is 5.00. The molecule has 0 radical (unpaired) electrons. The average molecular weight is 310 g/mol. The molecule has 1 aromatic rings. The number of hydrogen-bond donors (Lipinski definition) is 2. The number of esters is 1. The number of nitrogens with one attached hydrogen (secondary N) is 2. The molecule has 0 fully saturated rings. The molecule has 0 aliphatic carbocycles. The van der Waals surface area contributed by atoms with Gasteiger partial charge in [-0.1, -0.05) is 13.8 Å². The topological polar surface area (TPSA) is 84.5 Å². The number of rotatable bonds is 6. The van der Waals surface area contributed by atoms with Gasteiger partial charge in [0.25, 0.3) is 5.91 Å². The Bertz CT molecular complexity index is 543. The highest BCUT2D eigenvalue weighted by Gasteiger charge is 2.25. The third-order valence-corrected chi connectivity index (χ3v) is 2.98. The maximum absolute atomic E-state index is 12.8. The second-order valence-corrected chi connectivity index (χ2v) is 5.00. The van der Waals surface area contributed by atoms with Gasteiger partial charge in [0.05, 0.1) is 7.11 Å². The Morgan fingerprint density at radius 1 is 1.18 bits per heavy atom. The quantitative estimate of drug-likeness (QED) is 0.764. The summed E-state index contributed by atoms with van der Waals surface area (Å²) in [4.78, 5) is 35.1. The molecule has 22 heavy (non-hydrogen) atoms. The Hall–Kier alpha value is -2.44. The molecule has 1 rings (SSSR count). The van der Waals surface area contributed by atoms with Crippen LogP contribution in [0.2, 0.25) is 0 Å². The molecule has 120 valence electrons. The predicted molar refractivity (Wildman–Crippen MR) is 77.5 cm³/mol. The van der Waals surface area contributed by atoms with E-state index in [9.17, 15) is 18.8 Å². The van der Waals surface area contributed by atoms with Crippen molar-refractivity contribution in [2.24, 2.45) is 5.92 Å². The van der Waals surface area contributed by atoms with E-state index < -0.39 is 29.6 Å². The summed E-state index contributed by atoms with van der Waals surface area (Å²) in [6.07, 6.45) is 0. The fourth-order valence-corrected chi connectivity index (χ4v) is 1.70. The van der Waals surface area contributed by atoms with Gasteiger partial charge in [0.15, 0.2) is 0 Å². The van der Waals surface area contributed by atoms with Crippen molar-refractivity contribution in [2.45, 2.75) is 19.9 Å². The molecule has 2 amide bonds. The van der Waals surface area contributed by atoms with Crippen LogP contribution in [0.15, 0.2) is 24.3 Å². The van der Waals surface area contributed by atoms with Crippen molar-refractivity contribution in [3.8, 4) is 0 Å². The first kappa shape index (κ1) is 17.6.